The monoisotopic (exact) mass is 281 g/mol. The Bertz CT molecular complexity index is 682. The van der Waals surface area contributed by atoms with Crippen LogP contribution in [-0.2, 0) is 13.6 Å². The van der Waals surface area contributed by atoms with E-state index in [4.69, 9.17) is 0 Å². The van der Waals surface area contributed by atoms with E-state index in [1.165, 1.54) is 11.3 Å². The summed E-state index contributed by atoms with van der Waals surface area (Å²) in [5, 5.41) is 7.69. The van der Waals surface area contributed by atoms with Crippen LogP contribution in [0.15, 0.2) is 55.2 Å². The summed E-state index contributed by atoms with van der Waals surface area (Å²) < 4.78 is 3.89. The van der Waals surface area contributed by atoms with Gasteiger partial charge in [-0.3, -0.25) is 4.68 Å². The van der Waals surface area contributed by atoms with Crippen LogP contribution in [0.1, 0.15) is 24.2 Å². The van der Waals surface area contributed by atoms with E-state index in [2.05, 4.69) is 46.6 Å². The number of imidazole rings is 1. The number of nitrogens with zero attached hydrogens (tertiary/aromatic N) is 4. The van der Waals surface area contributed by atoms with Crippen LogP contribution in [-0.4, -0.2) is 19.3 Å². The molecule has 0 spiro atoms. The highest BCUT2D eigenvalue weighted by Gasteiger charge is 2.06. The molecule has 0 saturated carbocycles. The summed E-state index contributed by atoms with van der Waals surface area (Å²) in [6, 6.07) is 10.8. The van der Waals surface area contributed by atoms with Crippen molar-refractivity contribution in [3.8, 4) is 5.69 Å². The first-order valence-electron chi connectivity index (χ1n) is 7.02. The highest BCUT2D eigenvalue weighted by Crippen LogP contribution is 2.16. The highest BCUT2D eigenvalue weighted by molar-refractivity contribution is 5.35. The van der Waals surface area contributed by atoms with Crippen LogP contribution in [0, 0.1) is 0 Å². The molecule has 0 radical (unpaired) electrons. The molecule has 0 aliphatic carbocycles. The first-order chi connectivity index (χ1) is 10.2. The van der Waals surface area contributed by atoms with Gasteiger partial charge in [0, 0.05) is 43.9 Å². The van der Waals surface area contributed by atoms with Crippen LogP contribution in [0.4, 0.5) is 0 Å². The van der Waals surface area contributed by atoms with E-state index >= 15 is 0 Å². The lowest BCUT2D eigenvalue weighted by Gasteiger charge is -2.15. The molecule has 2 aromatic heterocycles. The minimum Gasteiger partial charge on any atom is -0.306 e. The van der Waals surface area contributed by atoms with Crippen LogP contribution in [0.25, 0.3) is 5.69 Å². The maximum Gasteiger partial charge on any atom is 0.0991 e. The van der Waals surface area contributed by atoms with Gasteiger partial charge in [0.05, 0.1) is 12.0 Å². The largest absolute Gasteiger partial charge is 0.306 e. The van der Waals surface area contributed by atoms with E-state index in [0.29, 0.717) is 0 Å². The predicted molar refractivity (Wildman–Crippen MR) is 82.0 cm³/mol. The standard InChI is InChI=1S/C16H19N5/c1-13(18-11-16-7-8-19-20(16)2)14-3-5-15(6-4-14)21-10-9-17-12-21/h3-10,12-13,18H,11H2,1-2H3. The average Bonchev–Trinajstić information content (AvgIpc) is 3.17. The van der Waals surface area contributed by atoms with Gasteiger partial charge >= 0.3 is 0 Å². The topological polar surface area (TPSA) is 47.7 Å². The van der Waals surface area contributed by atoms with Gasteiger partial charge in [-0.2, -0.15) is 5.10 Å². The van der Waals surface area contributed by atoms with Crippen LogP contribution in [0.5, 0.6) is 0 Å². The molecule has 0 fully saturated rings. The fourth-order valence-electron chi connectivity index (χ4n) is 2.30. The quantitative estimate of drug-likeness (QED) is 0.781. The van der Waals surface area contributed by atoms with Crippen molar-refractivity contribution in [2.45, 2.75) is 19.5 Å². The van der Waals surface area contributed by atoms with Crippen molar-refractivity contribution < 1.29 is 0 Å². The van der Waals surface area contributed by atoms with Crippen molar-refractivity contribution in [2.75, 3.05) is 0 Å². The number of aromatic nitrogens is 4. The summed E-state index contributed by atoms with van der Waals surface area (Å²) in [4.78, 5) is 4.06. The molecule has 1 unspecified atom stereocenters. The Morgan fingerprint density at radius 1 is 1.14 bits per heavy atom. The molecule has 1 aromatic carbocycles. The molecular weight excluding hydrogens is 262 g/mol. The minimum atomic E-state index is 0.289. The molecule has 21 heavy (non-hydrogen) atoms. The fourth-order valence-corrected chi connectivity index (χ4v) is 2.30. The van der Waals surface area contributed by atoms with Gasteiger partial charge in [-0.15, -0.1) is 0 Å². The second kappa shape index (κ2) is 5.93. The number of hydrogen-bond donors (Lipinski definition) is 1. The third-order valence-electron chi connectivity index (χ3n) is 3.71. The second-order valence-corrected chi connectivity index (χ2v) is 5.11. The fraction of sp³-hybridized carbons (Fsp3) is 0.250. The van der Waals surface area contributed by atoms with Crippen LogP contribution >= 0.6 is 0 Å². The van der Waals surface area contributed by atoms with Crippen LogP contribution in [0.3, 0.4) is 0 Å². The number of hydrogen-bond acceptors (Lipinski definition) is 3. The summed E-state index contributed by atoms with van der Waals surface area (Å²) in [6.07, 6.45) is 7.35. The predicted octanol–water partition coefficient (Wildman–Crippen LogP) is 2.46. The Hall–Kier alpha value is -2.40. The number of rotatable bonds is 5. The Morgan fingerprint density at radius 2 is 1.95 bits per heavy atom. The van der Waals surface area contributed by atoms with Gasteiger partial charge in [-0.25, -0.2) is 4.98 Å². The molecule has 0 aliphatic rings. The molecule has 0 saturated heterocycles. The van der Waals surface area contributed by atoms with Crippen molar-refractivity contribution in [3.63, 3.8) is 0 Å². The van der Waals surface area contributed by atoms with E-state index in [1.807, 2.05) is 34.8 Å². The molecule has 5 nitrogen and oxygen atoms in total. The number of nitrogens with one attached hydrogen (secondary N) is 1. The number of benzene rings is 1. The number of aryl methyl sites for hydroxylation is 1. The first kappa shape index (κ1) is 13.6. The van der Waals surface area contributed by atoms with E-state index < -0.39 is 0 Å². The van der Waals surface area contributed by atoms with Gasteiger partial charge in [0.1, 0.15) is 0 Å². The SMILES string of the molecule is CC(NCc1ccnn1C)c1ccc(-n2ccnc2)cc1. The molecule has 108 valence electrons. The molecule has 1 atom stereocenters. The Labute approximate surface area is 124 Å². The van der Waals surface area contributed by atoms with Gasteiger partial charge in [-0.1, -0.05) is 12.1 Å². The molecule has 5 heteroatoms. The molecule has 3 aromatic rings. The maximum absolute atomic E-state index is 4.18. The average molecular weight is 281 g/mol. The van der Waals surface area contributed by atoms with E-state index in [-0.39, 0.29) is 6.04 Å². The first-order valence-corrected chi connectivity index (χ1v) is 7.02. The zero-order chi connectivity index (χ0) is 14.7. The van der Waals surface area contributed by atoms with Crippen molar-refractivity contribution >= 4 is 0 Å². The lowest BCUT2D eigenvalue weighted by molar-refractivity contribution is 0.548. The normalized spacial score (nSPS) is 12.5. The smallest absolute Gasteiger partial charge is 0.0991 e. The summed E-state index contributed by atoms with van der Waals surface area (Å²) in [5.41, 5.74) is 3.56. The Kier molecular flexibility index (Phi) is 3.83. The van der Waals surface area contributed by atoms with E-state index in [0.717, 1.165) is 12.2 Å². The highest BCUT2D eigenvalue weighted by atomic mass is 15.3. The molecule has 3 rings (SSSR count). The van der Waals surface area contributed by atoms with E-state index in [9.17, 15) is 0 Å². The Morgan fingerprint density at radius 3 is 2.57 bits per heavy atom. The van der Waals surface area contributed by atoms with Crippen molar-refractivity contribution in [2.24, 2.45) is 7.05 Å². The third kappa shape index (κ3) is 3.03. The van der Waals surface area contributed by atoms with Gasteiger partial charge in [0.25, 0.3) is 0 Å². The molecule has 1 N–H and O–H groups in total. The summed E-state index contributed by atoms with van der Waals surface area (Å²) in [6.45, 7) is 2.98. The van der Waals surface area contributed by atoms with Crippen molar-refractivity contribution in [1.29, 1.82) is 0 Å². The minimum absolute atomic E-state index is 0.289. The van der Waals surface area contributed by atoms with Gasteiger partial charge in [0.2, 0.25) is 0 Å². The molecule has 0 amide bonds. The third-order valence-corrected chi connectivity index (χ3v) is 3.71. The zero-order valence-corrected chi connectivity index (χ0v) is 12.3. The molecule has 0 aliphatic heterocycles. The summed E-state index contributed by atoms with van der Waals surface area (Å²) in [7, 11) is 1.96. The van der Waals surface area contributed by atoms with Gasteiger partial charge in [-0.05, 0) is 30.7 Å². The molecule has 2 heterocycles. The zero-order valence-electron chi connectivity index (χ0n) is 12.3. The van der Waals surface area contributed by atoms with Gasteiger partial charge in [0.15, 0.2) is 0 Å². The Balaban J connectivity index is 1.65. The maximum atomic E-state index is 4.18. The summed E-state index contributed by atoms with van der Waals surface area (Å²) >= 11 is 0. The van der Waals surface area contributed by atoms with Crippen molar-refractivity contribution in [1.82, 2.24) is 24.6 Å². The lowest BCUT2D eigenvalue weighted by atomic mass is 10.1. The van der Waals surface area contributed by atoms with Crippen LogP contribution < -0.4 is 5.32 Å². The molecule has 0 bridgehead atoms. The second-order valence-electron chi connectivity index (χ2n) is 5.11. The summed E-state index contributed by atoms with van der Waals surface area (Å²) in [5.74, 6) is 0. The van der Waals surface area contributed by atoms with Crippen LogP contribution in [0.2, 0.25) is 0 Å². The van der Waals surface area contributed by atoms with Crippen molar-refractivity contribution in [3.05, 3.63) is 66.5 Å². The van der Waals surface area contributed by atoms with Gasteiger partial charge < -0.3 is 9.88 Å². The lowest BCUT2D eigenvalue weighted by Crippen LogP contribution is -2.19. The van der Waals surface area contributed by atoms with E-state index in [1.54, 1.807) is 12.5 Å². The molecular formula is C16H19N5.